The van der Waals surface area contributed by atoms with Gasteiger partial charge in [0.05, 0.1) is 11.5 Å². The van der Waals surface area contributed by atoms with Crippen LogP contribution in [0.15, 0.2) is 0 Å². The maximum absolute atomic E-state index is 12.3. The molecule has 2 unspecified atom stereocenters. The molecule has 0 aromatic carbocycles. The molecule has 120 valence electrons. The zero-order valence-electron chi connectivity index (χ0n) is 12.9. The lowest BCUT2D eigenvalue weighted by Crippen LogP contribution is -2.44. The molecule has 2 fully saturated rings. The predicted octanol–water partition coefficient (Wildman–Crippen LogP) is 2.49. The fourth-order valence-electron chi connectivity index (χ4n) is 3.59. The number of hydrogen-bond donors (Lipinski definition) is 2. The molecule has 2 atom stereocenters. The highest BCUT2D eigenvalue weighted by molar-refractivity contribution is 5.85. The summed E-state index contributed by atoms with van der Waals surface area (Å²) in [4.78, 5) is 24.0. The van der Waals surface area contributed by atoms with Gasteiger partial charge in [0, 0.05) is 19.1 Å². The van der Waals surface area contributed by atoms with Gasteiger partial charge in [-0.05, 0) is 32.6 Å². The maximum Gasteiger partial charge on any atom is 0.310 e. The zero-order valence-corrected chi connectivity index (χ0v) is 12.9. The molecule has 0 aromatic heterocycles. The number of carboxylic acid groups (broad SMARTS) is 1. The van der Waals surface area contributed by atoms with Crippen LogP contribution in [-0.2, 0) is 14.3 Å². The standard InChI is InChI=1S/C16H27NO4/c1-12-10-13(6-9-21-12)17-14(18)11-16(15(19)20)7-4-2-3-5-8-16/h12-13H,2-11H2,1H3,(H,17,18)(H,19,20). The monoisotopic (exact) mass is 297 g/mol. The lowest BCUT2D eigenvalue weighted by atomic mass is 9.77. The zero-order chi connectivity index (χ0) is 15.3. The highest BCUT2D eigenvalue weighted by Crippen LogP contribution is 2.38. The number of carbonyl (C=O) groups is 2. The molecule has 2 rings (SSSR count). The molecule has 1 aliphatic carbocycles. The Labute approximate surface area is 126 Å². The number of amides is 1. The van der Waals surface area contributed by atoms with Crippen LogP contribution in [0, 0.1) is 5.41 Å². The van der Waals surface area contributed by atoms with Crippen LogP contribution in [0.4, 0.5) is 0 Å². The molecule has 21 heavy (non-hydrogen) atoms. The van der Waals surface area contributed by atoms with Crippen LogP contribution >= 0.6 is 0 Å². The van der Waals surface area contributed by atoms with Gasteiger partial charge in [-0.2, -0.15) is 0 Å². The minimum absolute atomic E-state index is 0.113. The van der Waals surface area contributed by atoms with Crippen molar-refractivity contribution in [3.05, 3.63) is 0 Å². The van der Waals surface area contributed by atoms with Gasteiger partial charge in [0.25, 0.3) is 0 Å². The molecule has 1 heterocycles. The van der Waals surface area contributed by atoms with Crippen LogP contribution < -0.4 is 5.32 Å². The molecule has 0 spiro atoms. The first-order valence-electron chi connectivity index (χ1n) is 8.16. The summed E-state index contributed by atoms with van der Waals surface area (Å²) >= 11 is 0. The minimum atomic E-state index is -0.850. The summed E-state index contributed by atoms with van der Waals surface area (Å²) in [7, 11) is 0. The maximum atomic E-state index is 12.3. The molecular weight excluding hydrogens is 270 g/mol. The van der Waals surface area contributed by atoms with Crippen molar-refractivity contribution in [2.24, 2.45) is 5.41 Å². The Morgan fingerprint density at radius 2 is 1.90 bits per heavy atom. The molecule has 1 aliphatic heterocycles. The average molecular weight is 297 g/mol. The van der Waals surface area contributed by atoms with Crippen LogP contribution in [-0.4, -0.2) is 35.7 Å². The number of carbonyl (C=O) groups excluding carboxylic acids is 1. The summed E-state index contributed by atoms with van der Waals surface area (Å²) in [5.74, 6) is -0.918. The quantitative estimate of drug-likeness (QED) is 0.782. The van der Waals surface area contributed by atoms with E-state index in [2.05, 4.69) is 5.32 Å². The number of ether oxygens (including phenoxy) is 1. The van der Waals surface area contributed by atoms with Gasteiger partial charge in [0.15, 0.2) is 0 Å². The van der Waals surface area contributed by atoms with Crippen molar-refractivity contribution in [1.29, 1.82) is 0 Å². The Morgan fingerprint density at radius 1 is 1.24 bits per heavy atom. The Bertz CT molecular complexity index is 374. The number of nitrogens with one attached hydrogen (secondary N) is 1. The van der Waals surface area contributed by atoms with Gasteiger partial charge >= 0.3 is 5.97 Å². The molecule has 0 aromatic rings. The SMILES string of the molecule is CC1CC(NC(=O)CC2(C(=O)O)CCCCCC2)CCO1. The largest absolute Gasteiger partial charge is 0.481 e. The van der Waals surface area contributed by atoms with Crippen LogP contribution in [0.2, 0.25) is 0 Å². The van der Waals surface area contributed by atoms with Gasteiger partial charge in [-0.3, -0.25) is 9.59 Å². The second kappa shape index (κ2) is 7.25. The summed E-state index contributed by atoms with van der Waals surface area (Å²) in [6.07, 6.45) is 7.13. The van der Waals surface area contributed by atoms with Crippen molar-refractivity contribution in [3.63, 3.8) is 0 Å². The smallest absolute Gasteiger partial charge is 0.310 e. The van der Waals surface area contributed by atoms with E-state index in [1.807, 2.05) is 6.92 Å². The van der Waals surface area contributed by atoms with E-state index >= 15 is 0 Å². The fourth-order valence-corrected chi connectivity index (χ4v) is 3.59. The van der Waals surface area contributed by atoms with Crippen molar-refractivity contribution in [1.82, 2.24) is 5.32 Å². The molecule has 2 aliphatic rings. The Morgan fingerprint density at radius 3 is 2.48 bits per heavy atom. The lowest BCUT2D eigenvalue weighted by molar-refractivity contribution is -0.153. The van der Waals surface area contributed by atoms with E-state index in [0.29, 0.717) is 19.4 Å². The van der Waals surface area contributed by atoms with Crippen LogP contribution in [0.5, 0.6) is 0 Å². The third-order valence-electron chi connectivity index (χ3n) is 4.86. The predicted molar refractivity (Wildman–Crippen MR) is 79.0 cm³/mol. The van der Waals surface area contributed by atoms with Crippen LogP contribution in [0.1, 0.15) is 64.7 Å². The first-order valence-corrected chi connectivity index (χ1v) is 8.16. The Balaban J connectivity index is 1.93. The van der Waals surface area contributed by atoms with Gasteiger partial charge in [0.1, 0.15) is 0 Å². The summed E-state index contributed by atoms with van der Waals surface area (Å²) < 4.78 is 5.47. The molecule has 5 heteroatoms. The van der Waals surface area contributed by atoms with E-state index < -0.39 is 11.4 Å². The molecule has 5 nitrogen and oxygen atoms in total. The summed E-state index contributed by atoms with van der Waals surface area (Å²) in [5, 5.41) is 12.6. The average Bonchev–Trinajstić information content (AvgIpc) is 2.65. The molecule has 1 saturated heterocycles. The lowest BCUT2D eigenvalue weighted by Gasteiger charge is -2.31. The summed E-state index contributed by atoms with van der Waals surface area (Å²) in [5.41, 5.74) is -0.850. The van der Waals surface area contributed by atoms with Crippen molar-refractivity contribution < 1.29 is 19.4 Å². The number of aliphatic carboxylic acids is 1. The highest BCUT2D eigenvalue weighted by Gasteiger charge is 2.40. The molecule has 2 N–H and O–H groups in total. The molecule has 1 amide bonds. The summed E-state index contributed by atoms with van der Waals surface area (Å²) in [6.45, 7) is 2.67. The van der Waals surface area contributed by atoms with Crippen molar-refractivity contribution >= 4 is 11.9 Å². The number of carboxylic acids is 1. The van der Waals surface area contributed by atoms with E-state index in [9.17, 15) is 14.7 Å². The van der Waals surface area contributed by atoms with Gasteiger partial charge < -0.3 is 15.2 Å². The van der Waals surface area contributed by atoms with Crippen molar-refractivity contribution in [2.45, 2.75) is 76.9 Å². The normalized spacial score (nSPS) is 29.4. The second-order valence-corrected chi connectivity index (χ2v) is 6.65. The Hall–Kier alpha value is -1.10. The third-order valence-corrected chi connectivity index (χ3v) is 4.86. The fraction of sp³-hybridized carbons (Fsp3) is 0.875. The Kier molecular flexibility index (Phi) is 5.62. The van der Waals surface area contributed by atoms with Gasteiger partial charge in [-0.15, -0.1) is 0 Å². The van der Waals surface area contributed by atoms with Crippen molar-refractivity contribution in [3.8, 4) is 0 Å². The van der Waals surface area contributed by atoms with Crippen LogP contribution in [0.3, 0.4) is 0 Å². The number of rotatable bonds is 4. The third kappa shape index (κ3) is 4.43. The summed E-state index contributed by atoms with van der Waals surface area (Å²) in [6, 6.07) is 0.123. The van der Waals surface area contributed by atoms with Gasteiger partial charge in [-0.1, -0.05) is 25.7 Å². The van der Waals surface area contributed by atoms with E-state index in [-0.39, 0.29) is 24.5 Å². The van der Waals surface area contributed by atoms with Crippen molar-refractivity contribution in [2.75, 3.05) is 6.61 Å². The molecule has 1 saturated carbocycles. The number of hydrogen-bond acceptors (Lipinski definition) is 3. The first kappa shape index (κ1) is 16.3. The first-order chi connectivity index (χ1) is 10.0. The molecule has 0 radical (unpaired) electrons. The van der Waals surface area contributed by atoms with E-state index in [4.69, 9.17) is 4.74 Å². The molecule has 0 bridgehead atoms. The minimum Gasteiger partial charge on any atom is -0.481 e. The second-order valence-electron chi connectivity index (χ2n) is 6.65. The highest BCUT2D eigenvalue weighted by atomic mass is 16.5. The van der Waals surface area contributed by atoms with E-state index in [1.165, 1.54) is 0 Å². The van der Waals surface area contributed by atoms with E-state index in [1.54, 1.807) is 0 Å². The van der Waals surface area contributed by atoms with E-state index in [0.717, 1.165) is 38.5 Å². The molecular formula is C16H27NO4. The van der Waals surface area contributed by atoms with Gasteiger partial charge in [-0.25, -0.2) is 0 Å². The van der Waals surface area contributed by atoms with Gasteiger partial charge in [0.2, 0.25) is 5.91 Å². The topological polar surface area (TPSA) is 75.6 Å². The van der Waals surface area contributed by atoms with Crippen LogP contribution in [0.25, 0.3) is 0 Å².